The summed E-state index contributed by atoms with van der Waals surface area (Å²) in [5.41, 5.74) is 2.36. The van der Waals surface area contributed by atoms with Crippen LogP contribution in [0.2, 0.25) is 0 Å². The summed E-state index contributed by atoms with van der Waals surface area (Å²) in [4.78, 5) is 19.9. The first kappa shape index (κ1) is 11.6. The van der Waals surface area contributed by atoms with Gasteiger partial charge in [-0.05, 0) is 18.2 Å². The number of hydrogen-bond donors (Lipinski definition) is 0. The Morgan fingerprint density at radius 3 is 3.00 bits per heavy atom. The number of rotatable bonds is 3. The fraction of sp³-hybridized carbons (Fsp3) is 0.133. The van der Waals surface area contributed by atoms with E-state index in [1.807, 2.05) is 42.5 Å². The van der Waals surface area contributed by atoms with Gasteiger partial charge in [-0.25, -0.2) is 9.98 Å². The molecule has 0 N–H and O–H groups in total. The van der Waals surface area contributed by atoms with Crippen molar-refractivity contribution >= 4 is 17.8 Å². The van der Waals surface area contributed by atoms with E-state index in [0.717, 1.165) is 29.0 Å². The lowest BCUT2D eigenvalue weighted by Gasteiger charge is -2.08. The molecule has 4 nitrogen and oxygen atoms in total. The average Bonchev–Trinajstić information content (AvgIpc) is 2.91. The average molecular weight is 252 g/mol. The highest BCUT2D eigenvalue weighted by Crippen LogP contribution is 2.24. The van der Waals surface area contributed by atoms with E-state index in [2.05, 4.69) is 9.98 Å². The zero-order valence-electron chi connectivity index (χ0n) is 10.4. The van der Waals surface area contributed by atoms with Gasteiger partial charge in [-0.15, -0.1) is 0 Å². The zero-order chi connectivity index (χ0) is 13.2. The molecule has 1 aliphatic carbocycles. The molecular formula is C15H12N2O2. The molecule has 0 bridgehead atoms. The summed E-state index contributed by atoms with van der Waals surface area (Å²) < 4.78 is 5.19. The third kappa shape index (κ3) is 2.01. The van der Waals surface area contributed by atoms with Crippen molar-refractivity contribution in [2.24, 2.45) is 15.9 Å². The van der Waals surface area contributed by atoms with Gasteiger partial charge >= 0.3 is 0 Å². The second kappa shape index (κ2) is 4.65. The maximum Gasteiger partial charge on any atom is 0.160 e. The number of carbonyl (C=O) groups excluding carboxylic acids is 1. The number of methoxy groups -OCH3 is 1. The van der Waals surface area contributed by atoms with Gasteiger partial charge in [0.1, 0.15) is 12.0 Å². The van der Waals surface area contributed by atoms with E-state index < -0.39 is 0 Å². The summed E-state index contributed by atoms with van der Waals surface area (Å²) in [6.07, 6.45) is 6.41. The van der Waals surface area contributed by atoms with E-state index in [1.54, 1.807) is 7.11 Å². The van der Waals surface area contributed by atoms with Crippen molar-refractivity contribution in [1.82, 2.24) is 0 Å². The second-order valence-electron chi connectivity index (χ2n) is 4.26. The third-order valence-electron chi connectivity index (χ3n) is 3.08. The molecule has 19 heavy (non-hydrogen) atoms. The second-order valence-corrected chi connectivity index (χ2v) is 4.26. The van der Waals surface area contributed by atoms with Crippen LogP contribution in [0.3, 0.4) is 0 Å². The molecule has 0 amide bonds. The summed E-state index contributed by atoms with van der Waals surface area (Å²) in [5, 5.41) is 0. The monoisotopic (exact) mass is 252 g/mol. The van der Waals surface area contributed by atoms with E-state index in [0.29, 0.717) is 5.84 Å². The van der Waals surface area contributed by atoms with Gasteiger partial charge in [0.05, 0.1) is 24.4 Å². The van der Waals surface area contributed by atoms with Crippen LogP contribution in [0.15, 0.2) is 58.2 Å². The number of allylic oxidation sites excluding steroid dienone is 4. The molecule has 1 aromatic carbocycles. The number of carbonyl (C=O) groups is 1. The molecule has 0 aromatic heterocycles. The van der Waals surface area contributed by atoms with Gasteiger partial charge in [-0.3, -0.25) is 0 Å². The van der Waals surface area contributed by atoms with Gasteiger partial charge in [0.2, 0.25) is 0 Å². The summed E-state index contributed by atoms with van der Waals surface area (Å²) in [7, 11) is 1.62. The molecule has 1 heterocycles. The van der Waals surface area contributed by atoms with Crippen LogP contribution in [-0.4, -0.2) is 24.9 Å². The highest BCUT2D eigenvalue weighted by atomic mass is 16.5. The molecular weight excluding hydrogens is 240 g/mol. The summed E-state index contributed by atoms with van der Waals surface area (Å²) in [6, 6.07) is 7.56. The van der Waals surface area contributed by atoms with Crippen molar-refractivity contribution in [2.75, 3.05) is 7.11 Å². The van der Waals surface area contributed by atoms with Crippen molar-refractivity contribution in [3.8, 4) is 5.75 Å². The Morgan fingerprint density at radius 1 is 1.32 bits per heavy atom. The van der Waals surface area contributed by atoms with Crippen LogP contribution in [0, 0.1) is 5.92 Å². The van der Waals surface area contributed by atoms with Gasteiger partial charge in [0.15, 0.2) is 5.84 Å². The largest absolute Gasteiger partial charge is 0.497 e. The smallest absolute Gasteiger partial charge is 0.160 e. The number of benzene rings is 1. The van der Waals surface area contributed by atoms with Crippen molar-refractivity contribution in [1.29, 1.82) is 0 Å². The van der Waals surface area contributed by atoms with Gasteiger partial charge < -0.3 is 9.53 Å². The van der Waals surface area contributed by atoms with Crippen molar-refractivity contribution < 1.29 is 9.53 Å². The highest BCUT2D eigenvalue weighted by Gasteiger charge is 2.25. The molecule has 1 aliphatic heterocycles. The Morgan fingerprint density at radius 2 is 2.21 bits per heavy atom. The predicted octanol–water partition coefficient (Wildman–Crippen LogP) is 2.17. The van der Waals surface area contributed by atoms with Gasteiger partial charge in [0, 0.05) is 5.56 Å². The molecule has 0 radical (unpaired) electrons. The van der Waals surface area contributed by atoms with Crippen molar-refractivity contribution in [3.63, 3.8) is 0 Å². The molecule has 3 rings (SSSR count). The summed E-state index contributed by atoms with van der Waals surface area (Å²) >= 11 is 0. The Hall–Kier alpha value is -2.49. The van der Waals surface area contributed by atoms with E-state index in [-0.39, 0.29) is 5.92 Å². The quantitative estimate of drug-likeness (QED) is 0.774. The van der Waals surface area contributed by atoms with Crippen LogP contribution >= 0.6 is 0 Å². The Kier molecular flexibility index (Phi) is 2.83. The first-order valence-electron chi connectivity index (χ1n) is 5.97. The van der Waals surface area contributed by atoms with Crippen LogP contribution in [0.5, 0.6) is 5.75 Å². The lowest BCUT2D eigenvalue weighted by Crippen LogP contribution is -2.15. The molecule has 94 valence electrons. The number of hydrogen-bond acceptors (Lipinski definition) is 4. The maximum absolute atomic E-state index is 11.0. The molecule has 0 saturated carbocycles. The van der Waals surface area contributed by atoms with Gasteiger partial charge in [0.25, 0.3) is 0 Å². The Labute approximate surface area is 110 Å². The molecule has 1 aromatic rings. The zero-order valence-corrected chi connectivity index (χ0v) is 10.4. The van der Waals surface area contributed by atoms with Gasteiger partial charge in [-0.2, -0.15) is 0 Å². The summed E-state index contributed by atoms with van der Waals surface area (Å²) in [5.74, 6) is 1.08. The topological polar surface area (TPSA) is 51.0 Å². The van der Waals surface area contributed by atoms with Crippen LogP contribution in [0.4, 0.5) is 0 Å². The standard InChI is InChI=1S/C15H12N2O2/c1-19-12-6-2-4-10(8-12)15-16-13-7-3-5-11(9-18)14(13)17-15/h2-9,11H,1H3. The molecule has 2 aliphatic rings. The lowest BCUT2D eigenvalue weighted by molar-refractivity contribution is -0.108. The molecule has 1 atom stereocenters. The number of aldehydes is 1. The molecule has 0 spiro atoms. The maximum atomic E-state index is 11.0. The Bertz CT molecular complexity index is 654. The minimum atomic E-state index is -0.299. The van der Waals surface area contributed by atoms with E-state index >= 15 is 0 Å². The van der Waals surface area contributed by atoms with Crippen LogP contribution < -0.4 is 4.74 Å². The van der Waals surface area contributed by atoms with Crippen LogP contribution in [-0.2, 0) is 4.79 Å². The predicted molar refractivity (Wildman–Crippen MR) is 73.7 cm³/mol. The number of fused-ring (bicyclic) bond motifs is 1. The minimum Gasteiger partial charge on any atom is -0.497 e. The fourth-order valence-corrected chi connectivity index (χ4v) is 2.09. The lowest BCUT2D eigenvalue weighted by atomic mass is 9.98. The van der Waals surface area contributed by atoms with Crippen molar-refractivity contribution in [2.45, 2.75) is 0 Å². The molecule has 1 unspecified atom stereocenters. The molecule has 0 fully saturated rings. The minimum absolute atomic E-state index is 0.299. The number of nitrogens with zero attached hydrogens (tertiary/aromatic N) is 2. The number of amidine groups is 1. The van der Waals surface area contributed by atoms with Crippen molar-refractivity contribution in [3.05, 3.63) is 53.8 Å². The van der Waals surface area contributed by atoms with E-state index in [4.69, 9.17) is 4.74 Å². The van der Waals surface area contributed by atoms with Crippen LogP contribution in [0.1, 0.15) is 5.56 Å². The first-order valence-corrected chi connectivity index (χ1v) is 5.97. The normalized spacial score (nSPS) is 20.3. The third-order valence-corrected chi connectivity index (χ3v) is 3.08. The highest BCUT2D eigenvalue weighted by molar-refractivity contribution is 6.22. The number of aliphatic imine (C=N–C) groups is 2. The number of ether oxygens (including phenoxy) is 1. The SMILES string of the molecule is COc1cccc(C2=NC3=CC=CC(C=O)C3=N2)c1. The summed E-state index contributed by atoms with van der Waals surface area (Å²) in [6.45, 7) is 0. The van der Waals surface area contributed by atoms with Crippen LogP contribution in [0.25, 0.3) is 0 Å². The first-order chi connectivity index (χ1) is 9.31. The Balaban J connectivity index is 2.00. The van der Waals surface area contributed by atoms with Gasteiger partial charge in [-0.1, -0.05) is 24.3 Å². The fourth-order valence-electron chi connectivity index (χ4n) is 2.09. The molecule has 0 saturated heterocycles. The van der Waals surface area contributed by atoms with E-state index in [9.17, 15) is 4.79 Å². The molecule has 4 heteroatoms. The van der Waals surface area contributed by atoms with E-state index in [1.165, 1.54) is 0 Å².